The number of piperidine rings is 1. The fourth-order valence-corrected chi connectivity index (χ4v) is 2.83. The topological polar surface area (TPSA) is 85.3 Å². The number of pyridine rings is 1. The Morgan fingerprint density at radius 1 is 1.50 bits per heavy atom. The van der Waals surface area contributed by atoms with E-state index in [2.05, 4.69) is 20.9 Å². The summed E-state index contributed by atoms with van der Waals surface area (Å²) in [7, 11) is 0. The lowest BCUT2D eigenvalue weighted by atomic mass is 9.97. The zero-order chi connectivity index (χ0) is 13.1. The van der Waals surface area contributed by atoms with Gasteiger partial charge in [-0.25, -0.2) is 0 Å². The van der Waals surface area contributed by atoms with E-state index in [0.29, 0.717) is 22.6 Å². The molecule has 1 aliphatic rings. The third-order valence-corrected chi connectivity index (χ3v) is 3.89. The summed E-state index contributed by atoms with van der Waals surface area (Å²) >= 11 is 3.35. The van der Waals surface area contributed by atoms with Crippen LogP contribution < -0.4 is 10.6 Å². The number of rotatable bonds is 3. The Balaban J connectivity index is 2.26. The van der Waals surface area contributed by atoms with Crippen LogP contribution in [0, 0.1) is 16.0 Å². The monoisotopic (exact) mass is 314 g/mol. The Kier molecular flexibility index (Phi) is 4.13. The second kappa shape index (κ2) is 5.62. The summed E-state index contributed by atoms with van der Waals surface area (Å²) in [6.07, 6.45) is 4.84. The summed E-state index contributed by atoms with van der Waals surface area (Å²) in [6, 6.07) is 0. The predicted molar refractivity (Wildman–Crippen MR) is 72.6 cm³/mol. The van der Waals surface area contributed by atoms with E-state index in [9.17, 15) is 10.1 Å². The minimum absolute atomic E-state index is 0.0515. The molecule has 1 aromatic heterocycles. The van der Waals surface area contributed by atoms with Crippen LogP contribution in [0.3, 0.4) is 0 Å². The van der Waals surface area contributed by atoms with Crippen LogP contribution in [-0.2, 0) is 0 Å². The van der Waals surface area contributed by atoms with E-state index < -0.39 is 0 Å². The van der Waals surface area contributed by atoms with Crippen LogP contribution >= 0.6 is 15.9 Å². The van der Waals surface area contributed by atoms with Gasteiger partial charge in [-0.15, -0.1) is 0 Å². The van der Waals surface area contributed by atoms with Crippen LogP contribution in [-0.4, -0.2) is 29.5 Å². The molecule has 0 saturated carbocycles. The molecular weight excluding hydrogens is 300 g/mol. The third kappa shape index (κ3) is 2.62. The van der Waals surface area contributed by atoms with Gasteiger partial charge in [-0.3, -0.25) is 15.1 Å². The van der Waals surface area contributed by atoms with Crippen molar-refractivity contribution in [3.8, 4) is 0 Å². The molecule has 0 radical (unpaired) electrons. The summed E-state index contributed by atoms with van der Waals surface area (Å²) in [5, 5.41) is 11.0. The van der Waals surface area contributed by atoms with Crippen LogP contribution in [0.5, 0.6) is 0 Å². The van der Waals surface area contributed by atoms with Crippen LogP contribution in [0.25, 0.3) is 0 Å². The van der Waals surface area contributed by atoms with Gasteiger partial charge in [-0.2, -0.15) is 0 Å². The molecule has 1 aliphatic heterocycles. The van der Waals surface area contributed by atoms with Crippen molar-refractivity contribution in [2.24, 2.45) is 11.7 Å². The number of anilines is 1. The molecule has 6 nitrogen and oxygen atoms in total. The van der Waals surface area contributed by atoms with Crippen molar-refractivity contribution in [3.63, 3.8) is 0 Å². The van der Waals surface area contributed by atoms with E-state index in [4.69, 9.17) is 5.73 Å². The minimum Gasteiger partial charge on any atom is -0.365 e. The van der Waals surface area contributed by atoms with Gasteiger partial charge in [0.1, 0.15) is 11.9 Å². The first-order chi connectivity index (χ1) is 8.63. The quantitative estimate of drug-likeness (QED) is 0.680. The van der Waals surface area contributed by atoms with Gasteiger partial charge in [-0.1, -0.05) is 0 Å². The Hall–Kier alpha value is -1.21. The lowest BCUT2D eigenvalue weighted by Crippen LogP contribution is -2.36. The van der Waals surface area contributed by atoms with E-state index in [0.717, 1.165) is 25.9 Å². The summed E-state index contributed by atoms with van der Waals surface area (Å²) in [6.45, 7) is 2.28. The largest absolute Gasteiger partial charge is 0.365 e. The van der Waals surface area contributed by atoms with Crippen molar-refractivity contribution in [1.29, 1.82) is 0 Å². The highest BCUT2D eigenvalue weighted by Gasteiger charge is 2.26. The first kappa shape index (κ1) is 13.2. The molecular formula is C11H15BrN4O2. The highest BCUT2D eigenvalue weighted by molar-refractivity contribution is 9.10. The molecule has 1 fully saturated rings. The zero-order valence-electron chi connectivity index (χ0n) is 9.88. The summed E-state index contributed by atoms with van der Waals surface area (Å²) in [4.78, 5) is 16.5. The zero-order valence-corrected chi connectivity index (χ0v) is 11.5. The summed E-state index contributed by atoms with van der Waals surface area (Å²) < 4.78 is 0.669. The van der Waals surface area contributed by atoms with Gasteiger partial charge >= 0.3 is 5.69 Å². The highest BCUT2D eigenvalue weighted by atomic mass is 79.9. The van der Waals surface area contributed by atoms with Crippen LogP contribution in [0.2, 0.25) is 0 Å². The number of nitro groups is 1. The van der Waals surface area contributed by atoms with Crippen LogP contribution in [0.15, 0.2) is 16.9 Å². The molecule has 0 aromatic carbocycles. The number of hydrogen-bond donors (Lipinski definition) is 1. The number of nitrogens with two attached hydrogens (primary N) is 1. The average Bonchev–Trinajstić information content (AvgIpc) is 2.38. The fourth-order valence-electron chi connectivity index (χ4n) is 2.26. The van der Waals surface area contributed by atoms with Gasteiger partial charge in [0.05, 0.1) is 9.40 Å². The molecule has 0 atom stereocenters. The molecule has 2 heterocycles. The average molecular weight is 315 g/mol. The van der Waals surface area contributed by atoms with Gasteiger partial charge in [0.25, 0.3) is 0 Å². The van der Waals surface area contributed by atoms with E-state index in [1.54, 1.807) is 6.20 Å². The lowest BCUT2D eigenvalue weighted by Gasteiger charge is -2.33. The Morgan fingerprint density at radius 3 is 2.72 bits per heavy atom. The predicted octanol–water partition coefficient (Wildman–Crippen LogP) is 1.93. The molecule has 18 heavy (non-hydrogen) atoms. The van der Waals surface area contributed by atoms with Gasteiger partial charge in [0.2, 0.25) is 0 Å². The molecule has 0 unspecified atom stereocenters. The molecule has 7 heteroatoms. The van der Waals surface area contributed by atoms with E-state index >= 15 is 0 Å². The Bertz CT molecular complexity index is 447. The van der Waals surface area contributed by atoms with Crippen molar-refractivity contribution in [2.75, 3.05) is 24.5 Å². The van der Waals surface area contributed by atoms with Crippen molar-refractivity contribution >= 4 is 27.3 Å². The second-order valence-electron chi connectivity index (χ2n) is 4.41. The van der Waals surface area contributed by atoms with Crippen molar-refractivity contribution in [2.45, 2.75) is 12.8 Å². The maximum absolute atomic E-state index is 11.0. The van der Waals surface area contributed by atoms with Crippen molar-refractivity contribution in [3.05, 3.63) is 27.0 Å². The molecule has 0 amide bonds. The number of nitrogens with zero attached hydrogens (tertiary/aromatic N) is 3. The normalized spacial score (nSPS) is 16.9. The van der Waals surface area contributed by atoms with E-state index in [1.807, 2.05) is 4.90 Å². The molecule has 2 rings (SSSR count). The molecule has 0 bridgehead atoms. The molecule has 1 aromatic rings. The molecule has 0 aliphatic carbocycles. The number of hydrogen-bond acceptors (Lipinski definition) is 5. The first-order valence-corrected chi connectivity index (χ1v) is 6.65. The van der Waals surface area contributed by atoms with Gasteiger partial charge in [0.15, 0.2) is 0 Å². The fraction of sp³-hybridized carbons (Fsp3) is 0.545. The number of aromatic nitrogens is 1. The summed E-state index contributed by atoms with van der Waals surface area (Å²) in [5.41, 5.74) is 6.33. The Morgan fingerprint density at radius 2 is 2.17 bits per heavy atom. The number of halogens is 1. The van der Waals surface area contributed by atoms with Gasteiger partial charge < -0.3 is 10.6 Å². The second-order valence-corrected chi connectivity index (χ2v) is 5.27. The smallest absolute Gasteiger partial charge is 0.311 e. The van der Waals surface area contributed by atoms with E-state index in [1.165, 1.54) is 6.20 Å². The molecule has 98 valence electrons. The van der Waals surface area contributed by atoms with Gasteiger partial charge in [-0.05, 0) is 41.2 Å². The van der Waals surface area contributed by atoms with Crippen LogP contribution in [0.4, 0.5) is 11.4 Å². The van der Waals surface area contributed by atoms with Crippen molar-refractivity contribution < 1.29 is 4.92 Å². The highest BCUT2D eigenvalue weighted by Crippen LogP contribution is 2.36. The third-order valence-electron chi connectivity index (χ3n) is 3.31. The SMILES string of the molecule is NCC1CCN(c2c(Br)cncc2[N+](=O)[O-])CC1. The lowest BCUT2D eigenvalue weighted by molar-refractivity contribution is -0.384. The molecule has 2 N–H and O–H groups in total. The van der Waals surface area contributed by atoms with Crippen molar-refractivity contribution in [1.82, 2.24) is 4.98 Å². The van der Waals surface area contributed by atoms with Gasteiger partial charge in [0, 0.05) is 19.3 Å². The maximum atomic E-state index is 11.0. The first-order valence-electron chi connectivity index (χ1n) is 5.86. The van der Waals surface area contributed by atoms with E-state index in [-0.39, 0.29) is 10.6 Å². The maximum Gasteiger partial charge on any atom is 0.311 e. The minimum atomic E-state index is -0.387. The van der Waals surface area contributed by atoms with Crippen LogP contribution in [0.1, 0.15) is 12.8 Å². The Labute approximate surface area is 113 Å². The standard InChI is InChI=1S/C11H15BrN4O2/c12-9-6-14-7-10(16(17)18)11(9)15-3-1-8(5-13)2-4-15/h6-8H,1-5,13H2. The molecule has 1 saturated heterocycles. The summed E-state index contributed by atoms with van der Waals surface area (Å²) in [5.74, 6) is 0.529. The molecule has 0 spiro atoms.